The van der Waals surface area contributed by atoms with Crippen LogP contribution in [0.15, 0.2) is 64.0 Å². The molecular weight excluding hydrogens is 543 g/mol. The van der Waals surface area contributed by atoms with E-state index in [1.54, 1.807) is 0 Å². The minimum absolute atomic E-state index is 0.0775. The highest BCUT2D eigenvalue weighted by atomic mass is 32.1. The molecule has 3 aromatic rings. The first-order valence-electron chi connectivity index (χ1n) is 10.3. The highest BCUT2D eigenvalue weighted by Crippen LogP contribution is 2.46. The van der Waals surface area contributed by atoms with Gasteiger partial charge in [0.15, 0.2) is 11.7 Å². The van der Waals surface area contributed by atoms with Crippen molar-refractivity contribution < 1.29 is 40.9 Å². The largest absolute Gasteiger partial charge is 0.419 e. The molecule has 0 amide bonds. The minimum atomic E-state index is -4.85. The van der Waals surface area contributed by atoms with Crippen LogP contribution in [0.1, 0.15) is 32.7 Å². The van der Waals surface area contributed by atoms with Gasteiger partial charge in [0.25, 0.3) is 0 Å². The molecule has 0 aliphatic heterocycles. The Morgan fingerprint density at radius 1 is 1.05 bits per heavy atom. The maximum absolute atomic E-state index is 15.6. The fraction of sp³-hybridized carbons (Fsp3) is 0.217. The normalized spacial score (nSPS) is 14.9. The number of aliphatic imine (C=N–C) groups is 1. The van der Waals surface area contributed by atoms with Crippen molar-refractivity contribution in [3.05, 3.63) is 86.9 Å². The van der Waals surface area contributed by atoms with E-state index in [2.05, 4.69) is 32.2 Å². The van der Waals surface area contributed by atoms with Gasteiger partial charge in [-0.3, -0.25) is 9.98 Å². The Morgan fingerprint density at radius 2 is 1.79 bits per heavy atom. The number of pyridine rings is 1. The van der Waals surface area contributed by atoms with Crippen LogP contribution in [-0.2, 0) is 11.5 Å². The number of nitrogens with two attached hydrogens (primary N) is 1. The van der Waals surface area contributed by atoms with Crippen LogP contribution in [0.3, 0.4) is 0 Å². The topological polar surface area (TPSA) is 116 Å². The third kappa shape index (κ3) is 6.15. The first kappa shape index (κ1) is 28.7. The first-order valence-corrected chi connectivity index (χ1v) is 11.1. The van der Waals surface area contributed by atoms with Gasteiger partial charge in [0, 0.05) is 28.3 Å². The number of halogens is 7. The highest BCUT2D eigenvalue weighted by molar-refractivity contribution is 7.12. The summed E-state index contributed by atoms with van der Waals surface area (Å²) >= 11 is 0.594. The number of hydrogen-bond acceptors (Lipinski definition) is 6. The van der Waals surface area contributed by atoms with Gasteiger partial charge in [0.05, 0.1) is 11.4 Å². The van der Waals surface area contributed by atoms with E-state index in [4.69, 9.17) is 5.84 Å². The molecule has 0 aliphatic carbocycles. The summed E-state index contributed by atoms with van der Waals surface area (Å²) in [6.07, 6.45) is -5.96. The molecule has 0 radical (unpaired) electrons. The second-order valence-electron chi connectivity index (χ2n) is 7.57. The minimum Gasteiger partial charge on any atom is -0.379 e. The van der Waals surface area contributed by atoms with Crippen molar-refractivity contribution in [1.82, 2.24) is 4.98 Å². The lowest BCUT2D eigenvalue weighted by Crippen LogP contribution is -2.47. The number of aliphatic hydroxyl groups is 2. The molecule has 2 heterocycles. The van der Waals surface area contributed by atoms with Crippen LogP contribution in [0.4, 0.5) is 30.7 Å². The van der Waals surface area contributed by atoms with Gasteiger partial charge in [-0.25, -0.2) is 8.78 Å². The van der Waals surface area contributed by atoms with E-state index in [0.717, 1.165) is 24.4 Å². The molecule has 2 unspecified atom stereocenters. The molecular formula is C23H16F7N5O2S. The Morgan fingerprint density at radius 3 is 2.39 bits per heavy atom. The molecule has 15 heteroatoms. The fourth-order valence-electron chi connectivity index (χ4n) is 3.15. The van der Waals surface area contributed by atoms with Crippen molar-refractivity contribution >= 4 is 17.7 Å². The average molecular weight is 559 g/mol. The van der Waals surface area contributed by atoms with Gasteiger partial charge in [0.1, 0.15) is 23.7 Å². The van der Waals surface area contributed by atoms with Crippen LogP contribution in [0, 0.1) is 23.5 Å². The molecule has 3 rings (SSSR count). The third-order valence-corrected chi connectivity index (χ3v) is 6.09. The summed E-state index contributed by atoms with van der Waals surface area (Å²) in [4.78, 5) is 6.87. The second kappa shape index (κ2) is 11.3. The standard InChI is InChI=1S/C23H16F7N5O2S/c24-14-3-6-16(17(25)9-14)21(37,11-32-12-34-35-31)22(26,27)19-8-2-13(10-33-19)1-4-15-5-7-18(38-15)20(36)23(28,29)30/h2-3,5-10,12,20,36-37H,11H2,(H2,31,32,34). The molecule has 1 aromatic carbocycles. The third-order valence-electron chi connectivity index (χ3n) is 5.04. The number of benzene rings is 1. The van der Waals surface area contributed by atoms with E-state index < -0.39 is 53.2 Å². The van der Waals surface area contributed by atoms with Crippen molar-refractivity contribution in [2.75, 3.05) is 6.54 Å². The average Bonchev–Trinajstić information content (AvgIpc) is 3.33. The van der Waals surface area contributed by atoms with Crippen molar-refractivity contribution in [3.63, 3.8) is 0 Å². The SMILES string of the molecule is NN=NC=NCC(O)(c1ccc(F)cc1F)C(F)(F)c1ccc(C#Cc2ccc(C(O)C(F)(F)F)s2)cn1. The molecule has 0 bridgehead atoms. The number of alkyl halides is 5. The smallest absolute Gasteiger partial charge is 0.379 e. The van der Waals surface area contributed by atoms with Crippen LogP contribution < -0.4 is 5.84 Å². The molecule has 2 atom stereocenters. The van der Waals surface area contributed by atoms with Crippen molar-refractivity contribution in [2.24, 2.45) is 21.2 Å². The molecule has 0 spiro atoms. The monoisotopic (exact) mass is 559 g/mol. The molecule has 4 N–H and O–H groups in total. The van der Waals surface area contributed by atoms with E-state index in [1.165, 1.54) is 6.07 Å². The quantitative estimate of drug-likeness (QED) is 0.0737. The summed E-state index contributed by atoms with van der Waals surface area (Å²) in [7, 11) is 0. The first-order chi connectivity index (χ1) is 17.8. The molecule has 2 aromatic heterocycles. The summed E-state index contributed by atoms with van der Waals surface area (Å²) in [5.74, 6) is 3.05. The Hall–Kier alpha value is -3.87. The summed E-state index contributed by atoms with van der Waals surface area (Å²) in [5, 5.41) is 26.2. The van der Waals surface area contributed by atoms with E-state index in [1.807, 2.05) is 0 Å². The molecule has 0 fully saturated rings. The van der Waals surface area contributed by atoms with Crippen LogP contribution in [0.25, 0.3) is 0 Å². The predicted molar refractivity (Wildman–Crippen MR) is 122 cm³/mol. The van der Waals surface area contributed by atoms with E-state index in [-0.39, 0.29) is 15.3 Å². The molecule has 0 saturated carbocycles. The van der Waals surface area contributed by atoms with Gasteiger partial charge in [-0.2, -0.15) is 22.0 Å². The van der Waals surface area contributed by atoms with Crippen molar-refractivity contribution in [2.45, 2.75) is 23.8 Å². The zero-order valence-electron chi connectivity index (χ0n) is 18.8. The highest BCUT2D eigenvalue weighted by Gasteiger charge is 2.57. The Bertz CT molecular complexity index is 1400. The Kier molecular flexibility index (Phi) is 8.50. The maximum Gasteiger partial charge on any atom is 0.419 e. The summed E-state index contributed by atoms with van der Waals surface area (Å²) in [6.45, 7) is -1.14. The number of aromatic nitrogens is 1. The van der Waals surface area contributed by atoms with Crippen LogP contribution in [-0.4, -0.2) is 34.3 Å². The zero-order chi connectivity index (χ0) is 28.1. The zero-order valence-corrected chi connectivity index (χ0v) is 19.6. The van der Waals surface area contributed by atoms with Crippen molar-refractivity contribution in [1.29, 1.82) is 0 Å². The van der Waals surface area contributed by atoms with E-state index in [9.17, 15) is 32.2 Å². The summed E-state index contributed by atoms with van der Waals surface area (Å²) in [6, 6.07) is 5.84. The van der Waals surface area contributed by atoms with Crippen molar-refractivity contribution in [3.8, 4) is 11.8 Å². The van der Waals surface area contributed by atoms with Crippen LogP contribution in [0.5, 0.6) is 0 Å². The number of thiophene rings is 1. The van der Waals surface area contributed by atoms with Crippen LogP contribution in [0.2, 0.25) is 0 Å². The number of hydrogen-bond donors (Lipinski definition) is 3. The molecule has 7 nitrogen and oxygen atoms in total. The lowest BCUT2D eigenvalue weighted by atomic mass is 9.84. The van der Waals surface area contributed by atoms with E-state index in [0.29, 0.717) is 35.9 Å². The molecule has 38 heavy (non-hydrogen) atoms. The lowest BCUT2D eigenvalue weighted by Gasteiger charge is -2.34. The number of aliphatic hydroxyl groups excluding tert-OH is 1. The number of rotatable bonds is 7. The number of nitrogens with zero attached hydrogens (tertiary/aromatic N) is 4. The van der Waals surface area contributed by atoms with Crippen LogP contribution >= 0.6 is 11.3 Å². The van der Waals surface area contributed by atoms with Gasteiger partial charge in [0.2, 0.25) is 0 Å². The molecule has 200 valence electrons. The maximum atomic E-state index is 15.6. The Labute approximate surface area is 214 Å². The van der Waals surface area contributed by atoms with Gasteiger partial charge < -0.3 is 16.1 Å². The fourth-order valence-corrected chi connectivity index (χ4v) is 4.02. The summed E-state index contributed by atoms with van der Waals surface area (Å²) < 4.78 is 96.9. The lowest BCUT2D eigenvalue weighted by molar-refractivity contribution is -0.205. The van der Waals surface area contributed by atoms with E-state index >= 15 is 8.78 Å². The van der Waals surface area contributed by atoms with Gasteiger partial charge in [-0.05, 0) is 36.4 Å². The Balaban J connectivity index is 1.92. The summed E-state index contributed by atoms with van der Waals surface area (Å²) in [5.41, 5.74) is -5.26. The predicted octanol–water partition coefficient (Wildman–Crippen LogP) is 4.75. The van der Waals surface area contributed by atoms with Gasteiger partial charge in [-0.1, -0.05) is 17.1 Å². The molecule has 0 aliphatic rings. The second-order valence-corrected chi connectivity index (χ2v) is 8.69. The van der Waals surface area contributed by atoms with Gasteiger partial charge in [-0.15, -0.1) is 16.5 Å². The molecule has 0 saturated heterocycles. The van der Waals surface area contributed by atoms with Gasteiger partial charge >= 0.3 is 12.1 Å².